The number of aliphatic hydroxyl groups is 1. The molecular formula is C24H36O5. The Labute approximate surface area is 194 Å². The number of hydrogen-bond donors (Lipinski definition) is 1. The number of cyclic esters (lactones) is 1. The Balaban J connectivity index is 2.15. The molecule has 0 aromatic carbocycles. The van der Waals surface area contributed by atoms with Crippen LogP contribution in [0.2, 0.25) is 0 Å². The number of esters is 2. The molecule has 1 heterocycles. The average molecular weight is 419 g/mol. The monoisotopic (exact) mass is 418 g/mol. The Hall–Kier alpha value is -1.62. The fraction of sp³-hybridized carbons (Fsp3) is 0.750. The quantitative estimate of drug-likeness (QED) is 0.628. The first-order valence-corrected chi connectivity index (χ1v) is 9.79. The van der Waals surface area contributed by atoms with Crippen molar-refractivity contribution in [2.75, 3.05) is 0 Å². The molecule has 1 aliphatic heterocycles. The van der Waals surface area contributed by atoms with Crippen LogP contribution in [0.25, 0.3) is 0 Å². The number of hydrogen-bond acceptors (Lipinski definition) is 5. The highest BCUT2D eigenvalue weighted by Crippen LogP contribution is 2.45. The Bertz CT molecular complexity index is 1210. The maximum atomic E-state index is 13.3. The third-order valence-electron chi connectivity index (χ3n) is 5.39. The molecule has 1 fully saturated rings. The number of carbonyl (C=O) groups excluding carboxylic acids is 2. The van der Waals surface area contributed by atoms with E-state index in [0.717, 1.165) is 6.92 Å². The topological polar surface area (TPSA) is 72.8 Å². The van der Waals surface area contributed by atoms with Crippen molar-refractivity contribution in [3.8, 4) is 0 Å². The fourth-order valence-electron chi connectivity index (χ4n) is 3.87. The lowest BCUT2D eigenvalue weighted by molar-refractivity contribution is -0.162. The molecule has 0 aromatic heterocycles. The minimum Gasteiger partial charge on any atom is -0.462 e. The van der Waals surface area contributed by atoms with E-state index in [1.165, 1.54) is 13.8 Å². The lowest BCUT2D eigenvalue weighted by Crippen LogP contribution is -2.42. The van der Waals surface area contributed by atoms with Crippen molar-refractivity contribution in [3.63, 3.8) is 0 Å². The van der Waals surface area contributed by atoms with Gasteiger partial charge in [-0.1, -0.05) is 45.8 Å². The maximum absolute atomic E-state index is 13.3. The van der Waals surface area contributed by atoms with Gasteiger partial charge in [0.15, 0.2) is 0 Å². The van der Waals surface area contributed by atoms with Crippen molar-refractivity contribution < 1.29 is 42.0 Å². The van der Waals surface area contributed by atoms with E-state index < -0.39 is 104 Å². The predicted octanol–water partition coefficient (Wildman–Crippen LogP) is 4.20. The summed E-state index contributed by atoms with van der Waals surface area (Å²) < 4.78 is 126. The van der Waals surface area contributed by atoms with E-state index in [2.05, 4.69) is 5.11 Å². The van der Waals surface area contributed by atoms with Crippen molar-refractivity contribution in [1.82, 2.24) is 0 Å². The van der Waals surface area contributed by atoms with E-state index in [1.807, 2.05) is 0 Å². The van der Waals surface area contributed by atoms with Gasteiger partial charge in [-0.05, 0) is 48.9 Å². The summed E-state index contributed by atoms with van der Waals surface area (Å²) in [5.74, 6) is -12.9. The number of rotatable bonds is 7. The molecule has 0 spiro atoms. The molecule has 5 heteroatoms. The van der Waals surface area contributed by atoms with Crippen molar-refractivity contribution in [2.45, 2.75) is 84.4 Å². The molecule has 1 N–H and O–H groups in total. The summed E-state index contributed by atoms with van der Waals surface area (Å²) in [5, 5.41) is 4.40. The van der Waals surface area contributed by atoms with E-state index in [9.17, 15) is 9.59 Å². The molecule has 8 atom stereocenters. The Morgan fingerprint density at radius 3 is 3.14 bits per heavy atom. The second-order valence-corrected chi connectivity index (χ2v) is 7.50. The molecule has 0 amide bonds. The van der Waals surface area contributed by atoms with Gasteiger partial charge in [0.1, 0.15) is 12.2 Å². The molecule has 0 bridgehead atoms. The van der Waals surface area contributed by atoms with Gasteiger partial charge < -0.3 is 14.6 Å². The standard InChI is InChI=1S/C24H36O5/c1-5-15(3)24(27)29-21-11-14(2)10-17-7-6-16(4)20(23(17)21)9-8-19-12-18(25)13-22(26)28-19/h6-7,10,14-16,18-21,23,25H,5,8-9,11-13H2,1-4H3/t14-,15-,16-,18+,19?,20-,21?,23-/m0/s1/i3D3,6D,7D,10D,11D2,13D2,14D,15D,16D,25D. The van der Waals surface area contributed by atoms with Gasteiger partial charge in [0.2, 0.25) is 1.43 Å². The molecule has 1 saturated heterocycles. The summed E-state index contributed by atoms with van der Waals surface area (Å²) in [5.41, 5.74) is -0.324. The van der Waals surface area contributed by atoms with Gasteiger partial charge in [-0.3, -0.25) is 9.59 Å². The van der Waals surface area contributed by atoms with Gasteiger partial charge in [0, 0.05) is 26.0 Å². The molecule has 3 aliphatic rings. The average Bonchev–Trinajstić information content (AvgIpc) is 2.89. The number of ether oxygens (including phenoxy) is 2. The highest BCUT2D eigenvalue weighted by atomic mass is 16.5. The van der Waals surface area contributed by atoms with Gasteiger partial charge in [-0.15, -0.1) is 0 Å². The Kier molecular flexibility index (Phi) is 3.30. The SMILES string of the molecule is [2H]O[C@@H]1CC(CC[C@@H]2[C@@H]3C(=C([2H])[C@]([2H])(C)C([2H])([2H])C3OC(=O)[C@]([2H])(CC)C([2H])([2H])[2H])C([2H])=C([2H])[C@]2([2H])C)OC(=O)C1([2H])[2H]. The molecule has 29 heavy (non-hydrogen) atoms. The van der Waals surface area contributed by atoms with E-state index in [4.69, 9.17) is 28.7 Å². The van der Waals surface area contributed by atoms with Crippen molar-refractivity contribution in [2.24, 2.45) is 29.5 Å². The van der Waals surface area contributed by atoms with Crippen LogP contribution in [-0.2, 0) is 19.1 Å². The largest absolute Gasteiger partial charge is 0.462 e. The van der Waals surface area contributed by atoms with E-state index >= 15 is 0 Å². The minimum absolute atomic E-state index is 0.118. The molecule has 3 rings (SSSR count). The highest BCUT2D eigenvalue weighted by Gasteiger charge is 2.42. The maximum Gasteiger partial charge on any atom is 0.308 e. The molecule has 162 valence electrons. The molecule has 0 aromatic rings. The second-order valence-electron chi connectivity index (χ2n) is 7.50. The number of aliphatic hydroxyl groups excluding tert-OH is 1. The number of carbonyl (C=O) groups is 2. The highest BCUT2D eigenvalue weighted by molar-refractivity contribution is 5.72. The Morgan fingerprint density at radius 1 is 1.59 bits per heavy atom. The van der Waals surface area contributed by atoms with Gasteiger partial charge in [0.05, 0.1) is 22.5 Å². The van der Waals surface area contributed by atoms with Crippen molar-refractivity contribution in [1.29, 1.82) is 1.43 Å². The smallest absolute Gasteiger partial charge is 0.308 e. The van der Waals surface area contributed by atoms with E-state index in [1.54, 1.807) is 0 Å². The summed E-state index contributed by atoms with van der Waals surface area (Å²) in [6, 6.07) is -1.89. The van der Waals surface area contributed by atoms with Gasteiger partial charge >= 0.3 is 11.9 Å². The first kappa shape index (κ1) is 10.1. The summed E-state index contributed by atoms with van der Waals surface area (Å²) in [6.45, 7) is 0.373. The zero-order chi connectivity index (χ0) is 33.3. The minimum atomic E-state index is -3.18. The zero-order valence-electron chi connectivity index (χ0n) is 30.8. The van der Waals surface area contributed by atoms with Crippen LogP contribution in [0.15, 0.2) is 23.7 Å². The molecule has 5 nitrogen and oxygen atoms in total. The zero-order valence-corrected chi connectivity index (χ0v) is 16.8. The van der Waals surface area contributed by atoms with Crippen LogP contribution in [0.5, 0.6) is 0 Å². The molecule has 2 aliphatic carbocycles. The molecule has 0 radical (unpaired) electrons. The van der Waals surface area contributed by atoms with Gasteiger partial charge in [-0.25, -0.2) is 0 Å². The summed E-state index contributed by atoms with van der Waals surface area (Å²) in [7, 11) is 0. The second kappa shape index (κ2) is 9.46. The van der Waals surface area contributed by atoms with E-state index in [-0.39, 0.29) is 24.8 Å². The lowest BCUT2D eigenvalue weighted by atomic mass is 9.65. The van der Waals surface area contributed by atoms with Crippen LogP contribution in [0.1, 0.15) is 83.9 Å². The van der Waals surface area contributed by atoms with Gasteiger partial charge in [0.25, 0.3) is 0 Å². The van der Waals surface area contributed by atoms with Crippen molar-refractivity contribution in [3.05, 3.63) is 23.7 Å². The normalized spacial score (nSPS) is 56.0. The summed E-state index contributed by atoms with van der Waals surface area (Å²) in [4.78, 5) is 25.6. The van der Waals surface area contributed by atoms with Crippen LogP contribution in [0.3, 0.4) is 0 Å². The Morgan fingerprint density at radius 2 is 2.41 bits per heavy atom. The molecular weight excluding hydrogens is 368 g/mol. The number of fused-ring (bicyclic) bond motifs is 1. The predicted molar refractivity (Wildman–Crippen MR) is 111 cm³/mol. The third kappa shape index (κ3) is 5.30. The van der Waals surface area contributed by atoms with Crippen molar-refractivity contribution >= 4 is 11.9 Å². The molecule has 0 saturated carbocycles. The van der Waals surface area contributed by atoms with Crippen LogP contribution in [-0.4, -0.2) is 36.8 Å². The van der Waals surface area contributed by atoms with Crippen LogP contribution in [0.4, 0.5) is 0 Å². The number of allylic oxidation sites excluding steroid dienone is 3. The van der Waals surface area contributed by atoms with E-state index in [0.29, 0.717) is 0 Å². The summed E-state index contributed by atoms with van der Waals surface area (Å²) in [6.07, 6.45) is -11.1. The first-order valence-electron chi connectivity index (χ1n) is 16.7. The molecule has 2 unspecified atom stereocenters. The van der Waals surface area contributed by atoms with Crippen LogP contribution >= 0.6 is 0 Å². The van der Waals surface area contributed by atoms with Crippen LogP contribution < -0.4 is 0 Å². The van der Waals surface area contributed by atoms with Crippen LogP contribution in [0, 0.1) is 29.5 Å². The third-order valence-corrected chi connectivity index (χ3v) is 5.39. The summed E-state index contributed by atoms with van der Waals surface area (Å²) >= 11 is 0. The fourth-order valence-corrected chi connectivity index (χ4v) is 3.87. The first-order chi connectivity index (χ1) is 19.3. The van der Waals surface area contributed by atoms with Gasteiger partial charge in [-0.2, -0.15) is 0 Å². The lowest BCUT2D eigenvalue weighted by Gasteiger charge is -2.43.